The number of likely N-dealkylation sites (N-methyl/N-ethyl adjacent to an activating group) is 1. The molecule has 0 aromatic heterocycles. The molecular formula is C23H40FIN6O. The number of nitrogens with one attached hydrogen (secondary N) is 2. The average Bonchev–Trinajstić information content (AvgIpc) is 2.81. The zero-order valence-electron chi connectivity index (χ0n) is 19.8. The van der Waals surface area contributed by atoms with Crippen LogP contribution in [-0.4, -0.2) is 94.9 Å². The van der Waals surface area contributed by atoms with Crippen LogP contribution in [0.5, 0.6) is 0 Å². The van der Waals surface area contributed by atoms with Crippen LogP contribution in [0.1, 0.15) is 25.3 Å². The first-order valence-electron chi connectivity index (χ1n) is 11.6. The van der Waals surface area contributed by atoms with E-state index in [1.165, 1.54) is 0 Å². The maximum absolute atomic E-state index is 14.8. The average molecular weight is 563 g/mol. The maximum Gasteiger partial charge on any atom is 0.191 e. The molecule has 1 aromatic rings. The van der Waals surface area contributed by atoms with Crippen LogP contribution in [0.4, 0.5) is 10.1 Å². The fourth-order valence-corrected chi connectivity index (χ4v) is 4.32. The topological polar surface area (TPSA) is 55.4 Å². The monoisotopic (exact) mass is 562 g/mol. The predicted octanol–water partition coefficient (Wildman–Crippen LogP) is 2.36. The SMILES string of the molecule is CCN1CCN(c2ccc(CNC(=NC)NC3CCN(CCOC)CC3)cc2F)CC1.I. The third kappa shape index (κ3) is 8.00. The molecule has 0 radical (unpaired) electrons. The lowest BCUT2D eigenvalue weighted by atomic mass is 10.1. The number of guanidine groups is 1. The predicted molar refractivity (Wildman–Crippen MR) is 141 cm³/mol. The number of hydrogen-bond donors (Lipinski definition) is 2. The van der Waals surface area contributed by atoms with Gasteiger partial charge in [0.25, 0.3) is 0 Å². The molecule has 9 heteroatoms. The first-order chi connectivity index (χ1) is 15.1. The van der Waals surface area contributed by atoms with Crippen molar-refractivity contribution >= 4 is 35.6 Å². The Kier molecular flexibility index (Phi) is 12.0. The summed E-state index contributed by atoms with van der Waals surface area (Å²) in [7, 11) is 3.53. The third-order valence-corrected chi connectivity index (χ3v) is 6.40. The van der Waals surface area contributed by atoms with Crippen molar-refractivity contribution in [3.63, 3.8) is 0 Å². The Morgan fingerprint density at radius 1 is 1.12 bits per heavy atom. The van der Waals surface area contributed by atoms with E-state index in [1.807, 2.05) is 12.1 Å². The Balaban J connectivity index is 0.00000363. The van der Waals surface area contributed by atoms with Gasteiger partial charge in [0, 0.05) is 72.6 Å². The van der Waals surface area contributed by atoms with E-state index in [0.29, 0.717) is 18.3 Å². The number of hydrogen-bond acceptors (Lipinski definition) is 5. The second kappa shape index (κ2) is 14.2. The molecule has 2 saturated heterocycles. The number of halogens is 2. The number of anilines is 1. The molecule has 7 nitrogen and oxygen atoms in total. The van der Waals surface area contributed by atoms with Crippen LogP contribution in [-0.2, 0) is 11.3 Å². The van der Waals surface area contributed by atoms with Crippen molar-refractivity contribution in [3.8, 4) is 0 Å². The van der Waals surface area contributed by atoms with Gasteiger partial charge < -0.3 is 30.1 Å². The number of aliphatic imine (C=N–C) groups is 1. The lowest BCUT2D eigenvalue weighted by Gasteiger charge is -2.35. The molecule has 0 bridgehead atoms. The molecule has 0 amide bonds. The van der Waals surface area contributed by atoms with Crippen molar-refractivity contribution in [2.24, 2.45) is 4.99 Å². The van der Waals surface area contributed by atoms with Crippen LogP contribution < -0.4 is 15.5 Å². The van der Waals surface area contributed by atoms with Crippen LogP contribution in [0.25, 0.3) is 0 Å². The Morgan fingerprint density at radius 2 is 1.84 bits per heavy atom. The van der Waals surface area contributed by atoms with E-state index < -0.39 is 0 Å². The number of piperazine rings is 1. The summed E-state index contributed by atoms with van der Waals surface area (Å²) < 4.78 is 19.9. The molecule has 2 fully saturated rings. The van der Waals surface area contributed by atoms with Gasteiger partial charge in [-0.2, -0.15) is 0 Å². The number of rotatable bonds is 8. The highest BCUT2D eigenvalue weighted by molar-refractivity contribution is 14.0. The fraction of sp³-hybridized carbons (Fsp3) is 0.696. The molecule has 0 aliphatic carbocycles. The molecule has 0 unspecified atom stereocenters. The molecule has 0 saturated carbocycles. The van der Waals surface area contributed by atoms with E-state index in [2.05, 4.69) is 37.2 Å². The molecule has 1 aromatic carbocycles. The van der Waals surface area contributed by atoms with E-state index in [1.54, 1.807) is 20.2 Å². The summed E-state index contributed by atoms with van der Waals surface area (Å²) in [5.74, 6) is 0.631. The molecule has 32 heavy (non-hydrogen) atoms. The molecule has 2 N–H and O–H groups in total. The molecular weight excluding hydrogens is 522 g/mol. The van der Waals surface area contributed by atoms with Crippen LogP contribution >= 0.6 is 24.0 Å². The van der Waals surface area contributed by atoms with Gasteiger partial charge in [-0.15, -0.1) is 24.0 Å². The van der Waals surface area contributed by atoms with E-state index in [-0.39, 0.29) is 29.8 Å². The number of methoxy groups -OCH3 is 1. The molecule has 2 aliphatic rings. The summed E-state index contributed by atoms with van der Waals surface area (Å²) in [6.07, 6.45) is 2.16. The Hall–Kier alpha value is -1.17. The van der Waals surface area contributed by atoms with Gasteiger partial charge in [0.15, 0.2) is 5.96 Å². The summed E-state index contributed by atoms with van der Waals surface area (Å²) in [4.78, 5) is 11.3. The second-order valence-corrected chi connectivity index (χ2v) is 8.39. The summed E-state index contributed by atoms with van der Waals surface area (Å²) in [5.41, 5.74) is 1.63. The highest BCUT2D eigenvalue weighted by Crippen LogP contribution is 2.22. The normalized spacial score (nSPS) is 19.0. The first-order valence-corrected chi connectivity index (χ1v) is 11.6. The zero-order valence-corrected chi connectivity index (χ0v) is 22.1. The Labute approximate surface area is 209 Å². The number of piperidine rings is 1. The quantitative estimate of drug-likeness (QED) is 0.289. The summed E-state index contributed by atoms with van der Waals surface area (Å²) >= 11 is 0. The third-order valence-electron chi connectivity index (χ3n) is 6.40. The van der Waals surface area contributed by atoms with Crippen molar-refractivity contribution in [2.45, 2.75) is 32.4 Å². The van der Waals surface area contributed by atoms with Crippen LogP contribution in [0, 0.1) is 5.82 Å². The van der Waals surface area contributed by atoms with Crippen molar-refractivity contribution < 1.29 is 9.13 Å². The van der Waals surface area contributed by atoms with Gasteiger partial charge in [-0.3, -0.25) is 4.99 Å². The Bertz CT molecular complexity index is 706. The lowest BCUT2D eigenvalue weighted by molar-refractivity contribution is 0.128. The molecule has 3 rings (SSSR count). The summed E-state index contributed by atoms with van der Waals surface area (Å²) in [6.45, 7) is 11.4. The Morgan fingerprint density at radius 3 is 2.44 bits per heavy atom. The first kappa shape index (κ1) is 27.1. The van der Waals surface area contributed by atoms with Crippen LogP contribution in [0.15, 0.2) is 23.2 Å². The highest BCUT2D eigenvalue weighted by atomic mass is 127. The van der Waals surface area contributed by atoms with Gasteiger partial charge in [-0.05, 0) is 37.1 Å². The van der Waals surface area contributed by atoms with Gasteiger partial charge in [-0.25, -0.2) is 4.39 Å². The molecule has 182 valence electrons. The van der Waals surface area contributed by atoms with Gasteiger partial charge in [0.1, 0.15) is 5.82 Å². The van der Waals surface area contributed by atoms with Crippen molar-refractivity contribution in [3.05, 3.63) is 29.6 Å². The molecule has 0 atom stereocenters. The minimum atomic E-state index is -0.143. The molecule has 2 aliphatic heterocycles. The van der Waals surface area contributed by atoms with E-state index in [9.17, 15) is 4.39 Å². The van der Waals surface area contributed by atoms with E-state index >= 15 is 0 Å². The molecule has 2 heterocycles. The fourth-order valence-electron chi connectivity index (χ4n) is 4.32. The van der Waals surface area contributed by atoms with Crippen molar-refractivity contribution in [1.82, 2.24) is 20.4 Å². The maximum atomic E-state index is 14.8. The number of benzene rings is 1. The van der Waals surface area contributed by atoms with E-state index in [0.717, 1.165) is 83.3 Å². The van der Waals surface area contributed by atoms with Crippen molar-refractivity contribution in [2.75, 3.05) is 78.0 Å². The summed E-state index contributed by atoms with van der Waals surface area (Å²) in [6, 6.07) is 5.99. The minimum absolute atomic E-state index is 0. The van der Waals surface area contributed by atoms with Crippen LogP contribution in [0.2, 0.25) is 0 Å². The minimum Gasteiger partial charge on any atom is -0.383 e. The smallest absolute Gasteiger partial charge is 0.191 e. The van der Waals surface area contributed by atoms with Crippen LogP contribution in [0.3, 0.4) is 0 Å². The van der Waals surface area contributed by atoms with Gasteiger partial charge >= 0.3 is 0 Å². The zero-order chi connectivity index (χ0) is 22.1. The lowest BCUT2D eigenvalue weighted by Crippen LogP contribution is -2.48. The van der Waals surface area contributed by atoms with Gasteiger partial charge in [0.2, 0.25) is 0 Å². The number of ether oxygens (including phenoxy) is 1. The summed E-state index contributed by atoms with van der Waals surface area (Å²) in [5, 5.41) is 6.85. The van der Waals surface area contributed by atoms with Crippen molar-refractivity contribution in [1.29, 1.82) is 0 Å². The molecule has 0 spiro atoms. The number of nitrogens with zero attached hydrogens (tertiary/aromatic N) is 4. The van der Waals surface area contributed by atoms with Gasteiger partial charge in [0.05, 0.1) is 12.3 Å². The highest BCUT2D eigenvalue weighted by Gasteiger charge is 2.20. The number of likely N-dealkylation sites (tertiary alicyclic amines) is 1. The second-order valence-electron chi connectivity index (χ2n) is 8.39. The van der Waals surface area contributed by atoms with E-state index in [4.69, 9.17) is 4.74 Å². The standard InChI is InChI=1S/C23H39FN6O.HI/c1-4-28-11-13-30(14-12-28)22-6-5-19(17-21(22)24)18-26-23(25-2)27-20-7-9-29(10-8-20)15-16-31-3;/h5-6,17,20H,4,7-16,18H2,1-3H3,(H2,25,26,27);1H. The largest absolute Gasteiger partial charge is 0.383 e. The van der Waals surface area contributed by atoms with Gasteiger partial charge in [-0.1, -0.05) is 13.0 Å².